The number of likely N-dealkylation sites (tertiary alicyclic amines) is 1. The topological polar surface area (TPSA) is 60.0 Å². The lowest BCUT2D eigenvalue weighted by molar-refractivity contribution is -0.128. The van der Waals surface area contributed by atoms with Crippen LogP contribution in [0.3, 0.4) is 0 Å². The van der Waals surface area contributed by atoms with Crippen molar-refractivity contribution in [3.63, 3.8) is 0 Å². The van der Waals surface area contributed by atoms with Crippen molar-refractivity contribution >= 4 is 11.9 Å². The van der Waals surface area contributed by atoms with E-state index in [2.05, 4.69) is 60.7 Å². The Labute approximate surface area is 164 Å². The number of amides is 1. The minimum absolute atomic E-state index is 0.150. The first-order chi connectivity index (χ1) is 13.0. The monoisotopic (exact) mass is 373 g/mol. The first-order valence-corrected chi connectivity index (χ1v) is 10.1. The molecule has 0 radical (unpaired) electrons. The van der Waals surface area contributed by atoms with E-state index < -0.39 is 0 Å². The highest BCUT2D eigenvalue weighted by Crippen LogP contribution is 2.13. The zero-order valence-corrected chi connectivity index (χ0v) is 17.3. The standard InChI is InChI=1S/C21H35N5O/c1-5-22-21(24-15-20(27)26-12-8-9-13-26)23-14-18-10-6-7-11-19(18)16-25(4)17(2)3/h6-7,10-11,17H,5,8-9,12-16H2,1-4H3,(H2,22,23,24). The van der Waals surface area contributed by atoms with Gasteiger partial charge in [0, 0.05) is 32.2 Å². The van der Waals surface area contributed by atoms with Crippen LogP contribution in [0.1, 0.15) is 44.7 Å². The van der Waals surface area contributed by atoms with Crippen LogP contribution in [0.4, 0.5) is 0 Å². The molecule has 0 bridgehead atoms. The summed E-state index contributed by atoms with van der Waals surface area (Å²) >= 11 is 0. The Morgan fingerprint density at radius 3 is 2.48 bits per heavy atom. The van der Waals surface area contributed by atoms with Crippen LogP contribution in [-0.2, 0) is 17.9 Å². The molecule has 0 aliphatic carbocycles. The maximum Gasteiger partial charge on any atom is 0.241 e. The summed E-state index contributed by atoms with van der Waals surface area (Å²) in [4.78, 5) is 21.2. The fraction of sp³-hybridized carbons (Fsp3) is 0.619. The van der Waals surface area contributed by atoms with Crippen LogP contribution in [0.5, 0.6) is 0 Å². The molecule has 0 atom stereocenters. The first-order valence-electron chi connectivity index (χ1n) is 10.1. The van der Waals surface area contributed by atoms with E-state index in [1.54, 1.807) is 0 Å². The molecule has 6 heteroatoms. The number of aliphatic imine (C=N–C) groups is 1. The fourth-order valence-corrected chi connectivity index (χ4v) is 3.06. The smallest absolute Gasteiger partial charge is 0.241 e. The van der Waals surface area contributed by atoms with E-state index in [4.69, 9.17) is 4.99 Å². The lowest BCUT2D eigenvalue weighted by Crippen LogP contribution is -2.44. The van der Waals surface area contributed by atoms with Crippen molar-refractivity contribution in [1.29, 1.82) is 0 Å². The molecular formula is C21H35N5O. The van der Waals surface area contributed by atoms with Crippen molar-refractivity contribution in [2.75, 3.05) is 33.2 Å². The molecule has 1 aromatic carbocycles. The number of rotatable bonds is 8. The van der Waals surface area contributed by atoms with Gasteiger partial charge in [-0.15, -0.1) is 0 Å². The summed E-state index contributed by atoms with van der Waals surface area (Å²) in [5.74, 6) is 0.842. The van der Waals surface area contributed by atoms with Crippen molar-refractivity contribution in [3.05, 3.63) is 35.4 Å². The Morgan fingerprint density at radius 1 is 1.19 bits per heavy atom. The third kappa shape index (κ3) is 6.86. The van der Waals surface area contributed by atoms with Crippen LogP contribution >= 0.6 is 0 Å². The number of guanidine groups is 1. The van der Waals surface area contributed by atoms with Crippen molar-refractivity contribution in [2.45, 2.75) is 52.7 Å². The number of carbonyl (C=O) groups excluding carboxylic acids is 1. The largest absolute Gasteiger partial charge is 0.357 e. The van der Waals surface area contributed by atoms with Gasteiger partial charge in [0.2, 0.25) is 5.91 Å². The van der Waals surface area contributed by atoms with E-state index >= 15 is 0 Å². The molecule has 27 heavy (non-hydrogen) atoms. The third-order valence-electron chi connectivity index (χ3n) is 5.04. The lowest BCUT2D eigenvalue weighted by Gasteiger charge is -2.22. The average Bonchev–Trinajstić information content (AvgIpc) is 3.19. The second-order valence-corrected chi connectivity index (χ2v) is 7.41. The summed E-state index contributed by atoms with van der Waals surface area (Å²) in [6, 6.07) is 8.93. The molecule has 1 aliphatic heterocycles. The molecule has 1 aromatic rings. The Balaban J connectivity index is 1.98. The minimum Gasteiger partial charge on any atom is -0.357 e. The summed E-state index contributed by atoms with van der Waals surface area (Å²) in [6.45, 7) is 10.7. The number of carbonyl (C=O) groups is 1. The van der Waals surface area contributed by atoms with Gasteiger partial charge in [0.15, 0.2) is 5.96 Å². The molecule has 6 nitrogen and oxygen atoms in total. The van der Waals surface area contributed by atoms with Crippen LogP contribution in [-0.4, -0.2) is 60.9 Å². The van der Waals surface area contributed by atoms with Gasteiger partial charge >= 0.3 is 0 Å². The Hall–Kier alpha value is -2.08. The number of nitrogens with one attached hydrogen (secondary N) is 2. The van der Waals surface area contributed by atoms with Gasteiger partial charge in [-0.1, -0.05) is 24.3 Å². The van der Waals surface area contributed by atoms with Gasteiger partial charge in [-0.2, -0.15) is 0 Å². The normalized spacial score (nSPS) is 14.9. The summed E-state index contributed by atoms with van der Waals surface area (Å²) in [7, 11) is 2.14. The molecule has 2 N–H and O–H groups in total. The molecule has 1 fully saturated rings. The van der Waals surface area contributed by atoms with E-state index in [0.717, 1.165) is 39.0 Å². The van der Waals surface area contributed by atoms with E-state index in [-0.39, 0.29) is 5.91 Å². The fourth-order valence-electron chi connectivity index (χ4n) is 3.06. The van der Waals surface area contributed by atoms with E-state index in [1.807, 2.05) is 11.8 Å². The summed E-state index contributed by atoms with van der Waals surface area (Å²) in [5, 5.41) is 6.42. The van der Waals surface area contributed by atoms with E-state index in [9.17, 15) is 4.79 Å². The highest BCUT2D eigenvalue weighted by atomic mass is 16.2. The molecule has 0 saturated carbocycles. The lowest BCUT2D eigenvalue weighted by atomic mass is 10.1. The minimum atomic E-state index is 0.150. The summed E-state index contributed by atoms with van der Waals surface area (Å²) < 4.78 is 0. The second-order valence-electron chi connectivity index (χ2n) is 7.41. The second kappa shape index (κ2) is 10.9. The zero-order chi connectivity index (χ0) is 19.6. The maximum atomic E-state index is 12.2. The average molecular weight is 374 g/mol. The van der Waals surface area contributed by atoms with Crippen LogP contribution in [0, 0.1) is 0 Å². The highest BCUT2D eigenvalue weighted by molar-refractivity contribution is 5.86. The predicted octanol–water partition coefficient (Wildman–Crippen LogP) is 2.20. The van der Waals surface area contributed by atoms with E-state index in [0.29, 0.717) is 25.1 Å². The molecule has 150 valence electrons. The maximum absolute atomic E-state index is 12.2. The molecule has 1 amide bonds. The molecule has 0 aromatic heterocycles. The van der Waals surface area contributed by atoms with Gasteiger partial charge in [-0.3, -0.25) is 9.69 Å². The zero-order valence-electron chi connectivity index (χ0n) is 17.3. The van der Waals surface area contributed by atoms with Gasteiger partial charge in [0.05, 0.1) is 13.1 Å². The van der Waals surface area contributed by atoms with Crippen LogP contribution in [0.25, 0.3) is 0 Å². The van der Waals surface area contributed by atoms with Gasteiger partial charge in [-0.05, 0) is 51.8 Å². The highest BCUT2D eigenvalue weighted by Gasteiger charge is 2.17. The quantitative estimate of drug-likeness (QED) is 0.542. The van der Waals surface area contributed by atoms with Crippen molar-refractivity contribution in [2.24, 2.45) is 4.99 Å². The van der Waals surface area contributed by atoms with Gasteiger partial charge < -0.3 is 15.5 Å². The van der Waals surface area contributed by atoms with Crippen LogP contribution in [0.15, 0.2) is 29.3 Å². The first kappa shape index (κ1) is 21.2. The Kier molecular flexibility index (Phi) is 8.58. The van der Waals surface area contributed by atoms with E-state index in [1.165, 1.54) is 11.1 Å². The third-order valence-corrected chi connectivity index (χ3v) is 5.04. The molecule has 1 heterocycles. The van der Waals surface area contributed by atoms with Crippen molar-refractivity contribution < 1.29 is 4.79 Å². The number of benzene rings is 1. The van der Waals surface area contributed by atoms with Crippen molar-refractivity contribution in [3.8, 4) is 0 Å². The number of hydrogen-bond donors (Lipinski definition) is 2. The molecule has 0 spiro atoms. The van der Waals surface area contributed by atoms with Crippen LogP contribution in [0.2, 0.25) is 0 Å². The predicted molar refractivity (Wildman–Crippen MR) is 112 cm³/mol. The Bertz CT molecular complexity index is 623. The number of hydrogen-bond acceptors (Lipinski definition) is 3. The number of nitrogens with zero attached hydrogens (tertiary/aromatic N) is 3. The van der Waals surface area contributed by atoms with Gasteiger partial charge in [-0.25, -0.2) is 4.99 Å². The SMILES string of the molecule is CCNC(=NCc1ccccc1CN(C)C(C)C)NCC(=O)N1CCCC1. The van der Waals surface area contributed by atoms with Crippen molar-refractivity contribution in [1.82, 2.24) is 20.4 Å². The molecule has 0 unspecified atom stereocenters. The van der Waals surface area contributed by atoms with Gasteiger partial charge in [0.25, 0.3) is 0 Å². The molecule has 1 aliphatic rings. The molecule has 1 saturated heterocycles. The van der Waals surface area contributed by atoms with Gasteiger partial charge in [0.1, 0.15) is 0 Å². The summed E-state index contributed by atoms with van der Waals surface area (Å²) in [5.41, 5.74) is 2.51. The van der Waals surface area contributed by atoms with Crippen LogP contribution < -0.4 is 10.6 Å². The molecular weight excluding hydrogens is 338 g/mol. The molecule has 2 rings (SSSR count). The summed E-state index contributed by atoms with van der Waals surface area (Å²) in [6.07, 6.45) is 2.23. The Morgan fingerprint density at radius 2 is 1.85 bits per heavy atom.